The number of rotatable bonds is 7. The Bertz CT molecular complexity index is 1220. The Hall–Kier alpha value is -2.74. The van der Waals surface area contributed by atoms with Crippen molar-refractivity contribution in [3.05, 3.63) is 59.3 Å². The number of carbonyl (C=O) groups is 1. The summed E-state index contributed by atoms with van der Waals surface area (Å²) >= 11 is 0. The van der Waals surface area contributed by atoms with E-state index in [1.807, 2.05) is 30.3 Å². The molecule has 1 saturated carbocycles. The Labute approximate surface area is 209 Å². The topological polar surface area (TPSA) is 51.0 Å². The zero-order valence-electron chi connectivity index (χ0n) is 20.7. The molecule has 5 rings (SSSR count). The molecule has 0 amide bonds. The molecule has 3 aromatic rings. The zero-order valence-corrected chi connectivity index (χ0v) is 20.7. The summed E-state index contributed by atoms with van der Waals surface area (Å²) in [6, 6.07) is 9.58. The van der Waals surface area contributed by atoms with Gasteiger partial charge >= 0.3 is 6.18 Å². The van der Waals surface area contributed by atoms with E-state index in [4.69, 9.17) is 0 Å². The van der Waals surface area contributed by atoms with Crippen molar-refractivity contribution in [1.29, 1.82) is 0 Å². The first-order chi connectivity index (χ1) is 17.3. The van der Waals surface area contributed by atoms with Crippen LogP contribution in [0.3, 0.4) is 0 Å². The van der Waals surface area contributed by atoms with Crippen LogP contribution in [0.2, 0.25) is 0 Å². The molecule has 1 aliphatic heterocycles. The number of hydrogen-bond acceptors (Lipinski definition) is 4. The minimum atomic E-state index is -4.41. The summed E-state index contributed by atoms with van der Waals surface area (Å²) in [7, 11) is 0. The zero-order chi connectivity index (χ0) is 25.3. The third kappa shape index (κ3) is 5.19. The highest BCUT2D eigenvalue weighted by Gasteiger charge is 2.39. The number of aromatic nitrogens is 3. The second-order valence-electron chi connectivity index (χ2n) is 10.3. The van der Waals surface area contributed by atoms with Crippen molar-refractivity contribution < 1.29 is 18.0 Å². The third-order valence-corrected chi connectivity index (χ3v) is 8.00. The highest BCUT2D eigenvalue weighted by Crippen LogP contribution is 2.35. The molecule has 0 radical (unpaired) electrons. The summed E-state index contributed by atoms with van der Waals surface area (Å²) in [5.41, 5.74) is 2.95. The van der Waals surface area contributed by atoms with Gasteiger partial charge in [-0.2, -0.15) is 13.2 Å². The number of ketones is 1. The molecule has 192 valence electrons. The lowest BCUT2D eigenvalue weighted by Crippen LogP contribution is -2.33. The van der Waals surface area contributed by atoms with Crippen LogP contribution >= 0.6 is 0 Å². The lowest BCUT2D eigenvalue weighted by Gasteiger charge is -2.31. The van der Waals surface area contributed by atoms with E-state index in [1.165, 1.54) is 4.57 Å². The molecule has 8 heteroatoms. The molecule has 2 aliphatic rings. The number of hydrogen-bond donors (Lipinski definition) is 0. The summed E-state index contributed by atoms with van der Waals surface area (Å²) in [4.78, 5) is 23.6. The van der Waals surface area contributed by atoms with Crippen LogP contribution in [0, 0.1) is 11.8 Å². The Balaban J connectivity index is 1.11. The number of imidazole rings is 1. The van der Waals surface area contributed by atoms with Crippen molar-refractivity contribution in [2.75, 3.05) is 13.1 Å². The van der Waals surface area contributed by atoms with Gasteiger partial charge in [0.05, 0.1) is 11.2 Å². The molecule has 0 bridgehead atoms. The fourth-order valence-electron chi connectivity index (χ4n) is 6.05. The fourth-order valence-corrected chi connectivity index (χ4v) is 6.05. The van der Waals surface area contributed by atoms with Crippen LogP contribution in [0.15, 0.2) is 36.5 Å². The van der Waals surface area contributed by atoms with Crippen LogP contribution in [-0.4, -0.2) is 38.3 Å². The Kier molecular flexibility index (Phi) is 7.15. The summed E-state index contributed by atoms with van der Waals surface area (Å²) in [6.07, 6.45) is 3.90. The summed E-state index contributed by atoms with van der Waals surface area (Å²) < 4.78 is 41.4. The molecular formula is C28H33F3N4O. The van der Waals surface area contributed by atoms with E-state index in [1.54, 1.807) is 13.1 Å². The normalized spacial score (nSPS) is 21.0. The first-order valence-electron chi connectivity index (χ1n) is 13.1. The van der Waals surface area contributed by atoms with Crippen LogP contribution < -0.4 is 0 Å². The average molecular weight is 499 g/mol. The minimum Gasteiger partial charge on any atom is -0.324 e. The predicted octanol–water partition coefficient (Wildman–Crippen LogP) is 6.30. The van der Waals surface area contributed by atoms with E-state index in [9.17, 15) is 18.0 Å². The van der Waals surface area contributed by atoms with Gasteiger partial charge in [-0.3, -0.25) is 14.7 Å². The van der Waals surface area contributed by atoms with Gasteiger partial charge in [-0.25, -0.2) is 4.98 Å². The number of Topliss-reactive ketones (excluding diaryl/α,β-unsaturated/α-hetero) is 1. The SMILES string of the molecule is CCn1c(C(F)(F)F)nc2c1CCN(CCC1CCC(CC(=O)c3cccc4ncccc34)CC1)C2. The number of benzene rings is 1. The van der Waals surface area contributed by atoms with Crippen LogP contribution in [0.25, 0.3) is 10.9 Å². The van der Waals surface area contributed by atoms with Gasteiger partial charge in [-0.1, -0.05) is 31.0 Å². The molecule has 3 heterocycles. The molecule has 0 unspecified atom stereocenters. The first-order valence-corrected chi connectivity index (χ1v) is 13.1. The second-order valence-corrected chi connectivity index (χ2v) is 10.3. The monoisotopic (exact) mass is 498 g/mol. The number of nitrogens with zero attached hydrogens (tertiary/aromatic N) is 4. The molecule has 0 saturated heterocycles. The standard InChI is InChI=1S/C28H33F3N4O/c1-2-35-25-13-16-34(18-24(25)33-27(35)28(29,30)31)15-12-19-8-10-20(11-9-19)17-26(36)22-5-3-7-23-21(22)6-4-14-32-23/h3-7,14,19-20H,2,8-13,15-18H2,1H3. The van der Waals surface area contributed by atoms with E-state index in [0.29, 0.717) is 43.5 Å². The summed E-state index contributed by atoms with van der Waals surface area (Å²) in [5, 5.41) is 0.925. The molecule has 2 aromatic heterocycles. The Morgan fingerprint density at radius 2 is 1.86 bits per heavy atom. The molecule has 36 heavy (non-hydrogen) atoms. The predicted molar refractivity (Wildman–Crippen MR) is 133 cm³/mol. The number of carbonyl (C=O) groups excluding carboxylic acids is 1. The third-order valence-electron chi connectivity index (χ3n) is 8.00. The van der Waals surface area contributed by atoms with Gasteiger partial charge in [-0.15, -0.1) is 0 Å². The maximum Gasteiger partial charge on any atom is 0.449 e. The number of alkyl halides is 3. The van der Waals surface area contributed by atoms with Crippen LogP contribution in [-0.2, 0) is 25.7 Å². The van der Waals surface area contributed by atoms with Gasteiger partial charge in [0.15, 0.2) is 5.78 Å². The average Bonchev–Trinajstić information content (AvgIpc) is 3.26. The minimum absolute atomic E-state index is 0.200. The van der Waals surface area contributed by atoms with Crippen molar-refractivity contribution >= 4 is 16.7 Å². The summed E-state index contributed by atoms with van der Waals surface area (Å²) in [6.45, 7) is 4.19. The van der Waals surface area contributed by atoms with Crippen molar-refractivity contribution in [3.8, 4) is 0 Å². The smallest absolute Gasteiger partial charge is 0.324 e. The highest BCUT2D eigenvalue weighted by atomic mass is 19.4. The molecule has 1 aromatic carbocycles. The molecule has 1 fully saturated rings. The van der Waals surface area contributed by atoms with Gasteiger partial charge < -0.3 is 4.57 Å². The number of pyridine rings is 1. The van der Waals surface area contributed by atoms with Crippen molar-refractivity contribution in [1.82, 2.24) is 19.4 Å². The molecule has 0 spiro atoms. The Morgan fingerprint density at radius 3 is 2.61 bits per heavy atom. The molecule has 0 N–H and O–H groups in total. The molecule has 5 nitrogen and oxygen atoms in total. The van der Waals surface area contributed by atoms with E-state index in [-0.39, 0.29) is 5.78 Å². The van der Waals surface area contributed by atoms with Crippen LogP contribution in [0.5, 0.6) is 0 Å². The van der Waals surface area contributed by atoms with Gasteiger partial charge in [0.2, 0.25) is 5.82 Å². The highest BCUT2D eigenvalue weighted by molar-refractivity contribution is 6.07. The van der Waals surface area contributed by atoms with Crippen LogP contribution in [0.4, 0.5) is 13.2 Å². The second kappa shape index (κ2) is 10.3. The van der Waals surface area contributed by atoms with E-state index >= 15 is 0 Å². The largest absolute Gasteiger partial charge is 0.449 e. The van der Waals surface area contributed by atoms with Gasteiger partial charge in [0.1, 0.15) is 0 Å². The molecule has 1 aliphatic carbocycles. The molecule has 0 atom stereocenters. The van der Waals surface area contributed by atoms with Crippen molar-refractivity contribution in [2.45, 2.75) is 71.1 Å². The van der Waals surface area contributed by atoms with Gasteiger partial charge in [0, 0.05) is 55.3 Å². The lowest BCUT2D eigenvalue weighted by atomic mass is 9.78. The van der Waals surface area contributed by atoms with Crippen LogP contribution in [0.1, 0.15) is 73.0 Å². The van der Waals surface area contributed by atoms with Crippen molar-refractivity contribution in [3.63, 3.8) is 0 Å². The van der Waals surface area contributed by atoms with E-state index < -0.39 is 12.0 Å². The van der Waals surface area contributed by atoms with Crippen molar-refractivity contribution in [2.24, 2.45) is 11.8 Å². The number of halogens is 3. The van der Waals surface area contributed by atoms with E-state index in [0.717, 1.165) is 67.4 Å². The Morgan fingerprint density at radius 1 is 1.08 bits per heavy atom. The first kappa shape index (κ1) is 24.9. The quantitative estimate of drug-likeness (QED) is 0.359. The number of fused-ring (bicyclic) bond motifs is 2. The molecular weight excluding hydrogens is 465 g/mol. The summed E-state index contributed by atoms with van der Waals surface area (Å²) in [5.74, 6) is 0.464. The maximum absolute atomic E-state index is 13.4. The lowest BCUT2D eigenvalue weighted by molar-refractivity contribution is -0.147. The van der Waals surface area contributed by atoms with Gasteiger partial charge in [0.25, 0.3) is 0 Å². The van der Waals surface area contributed by atoms with E-state index in [2.05, 4.69) is 14.9 Å². The van der Waals surface area contributed by atoms with Gasteiger partial charge in [-0.05, 0) is 56.7 Å². The fraction of sp³-hybridized carbons (Fsp3) is 0.536. The maximum atomic E-state index is 13.4.